The molecule has 0 heterocycles. The predicted octanol–water partition coefficient (Wildman–Crippen LogP) is 5.46. The number of nitrogens with zero attached hydrogens (tertiary/aromatic N) is 1. The topological polar surface area (TPSA) is 75.7 Å². The van der Waals surface area contributed by atoms with Crippen LogP contribution >= 0.6 is 23.2 Å². The molecule has 33 heavy (non-hydrogen) atoms. The molecule has 3 rings (SSSR count). The lowest BCUT2D eigenvalue weighted by Gasteiger charge is -2.26. The van der Waals surface area contributed by atoms with Gasteiger partial charge in [-0.25, -0.2) is 8.42 Å². The molecule has 0 saturated heterocycles. The molecule has 0 fully saturated rings. The molecule has 3 aromatic rings. The highest BCUT2D eigenvalue weighted by Crippen LogP contribution is 2.32. The fourth-order valence-corrected chi connectivity index (χ4v) is 5.35. The molecule has 0 bridgehead atoms. The highest BCUT2D eigenvalue weighted by molar-refractivity contribution is 7.92. The Morgan fingerprint density at radius 1 is 1.03 bits per heavy atom. The van der Waals surface area contributed by atoms with Crippen LogP contribution in [0.2, 0.25) is 10.0 Å². The quantitative estimate of drug-likeness (QED) is 0.417. The molecule has 1 N–H and O–H groups in total. The molecule has 1 unspecified atom stereocenters. The maximum Gasteiger partial charge on any atom is 0.264 e. The fourth-order valence-electron chi connectivity index (χ4n) is 3.33. The number of carbonyl (C=O) groups excluding carboxylic acids is 1. The summed E-state index contributed by atoms with van der Waals surface area (Å²) in [5.41, 5.74) is 1.05. The monoisotopic (exact) mass is 506 g/mol. The lowest BCUT2D eigenvalue weighted by molar-refractivity contribution is -0.120. The number of nitrogens with one attached hydrogen (secondary N) is 1. The SMILES string of the molecule is CCC(NC(=O)CN(c1ccc(Cl)cc1Cl)S(=O)(=O)c1ccccc1)c1ccc(OC)cc1. The van der Waals surface area contributed by atoms with Gasteiger partial charge in [0.05, 0.1) is 28.8 Å². The Kier molecular flexibility index (Phi) is 8.24. The number of rotatable bonds is 9. The molecule has 0 saturated carbocycles. The molecule has 0 spiro atoms. The van der Waals surface area contributed by atoms with Crippen LogP contribution in [0, 0.1) is 0 Å². The number of hydrogen-bond acceptors (Lipinski definition) is 4. The smallest absolute Gasteiger partial charge is 0.264 e. The number of anilines is 1. The summed E-state index contributed by atoms with van der Waals surface area (Å²) in [6.07, 6.45) is 0.616. The van der Waals surface area contributed by atoms with E-state index in [-0.39, 0.29) is 21.6 Å². The van der Waals surface area contributed by atoms with Crippen LogP contribution < -0.4 is 14.4 Å². The van der Waals surface area contributed by atoms with Gasteiger partial charge in [0.15, 0.2) is 0 Å². The van der Waals surface area contributed by atoms with E-state index >= 15 is 0 Å². The number of hydrogen-bond donors (Lipinski definition) is 1. The first-order valence-corrected chi connectivity index (χ1v) is 12.4. The van der Waals surface area contributed by atoms with E-state index in [0.29, 0.717) is 17.2 Å². The van der Waals surface area contributed by atoms with Crippen LogP contribution in [0.4, 0.5) is 5.69 Å². The van der Waals surface area contributed by atoms with Crippen molar-refractivity contribution in [1.29, 1.82) is 0 Å². The molecule has 6 nitrogen and oxygen atoms in total. The second kappa shape index (κ2) is 10.9. The largest absolute Gasteiger partial charge is 0.497 e. The molecule has 0 aliphatic heterocycles. The van der Waals surface area contributed by atoms with E-state index in [4.69, 9.17) is 27.9 Å². The summed E-state index contributed by atoms with van der Waals surface area (Å²) in [6, 6.07) is 19.4. The van der Waals surface area contributed by atoms with Crippen LogP contribution in [0.1, 0.15) is 24.9 Å². The van der Waals surface area contributed by atoms with Crippen LogP contribution in [0.15, 0.2) is 77.7 Å². The summed E-state index contributed by atoms with van der Waals surface area (Å²) in [5, 5.41) is 3.40. The summed E-state index contributed by atoms with van der Waals surface area (Å²) in [5.74, 6) is 0.237. The molecule has 0 aliphatic carbocycles. The maximum atomic E-state index is 13.4. The minimum Gasteiger partial charge on any atom is -0.497 e. The number of ether oxygens (including phenoxy) is 1. The van der Waals surface area contributed by atoms with Gasteiger partial charge < -0.3 is 10.1 Å². The Labute approximate surface area is 204 Å². The van der Waals surface area contributed by atoms with E-state index in [1.807, 2.05) is 31.2 Å². The maximum absolute atomic E-state index is 13.4. The number of carbonyl (C=O) groups is 1. The van der Waals surface area contributed by atoms with E-state index in [0.717, 1.165) is 9.87 Å². The molecular weight excluding hydrogens is 483 g/mol. The van der Waals surface area contributed by atoms with E-state index in [9.17, 15) is 13.2 Å². The lowest BCUT2D eigenvalue weighted by Crippen LogP contribution is -2.42. The van der Waals surface area contributed by atoms with Gasteiger partial charge in [0.2, 0.25) is 5.91 Å². The van der Waals surface area contributed by atoms with Crippen molar-refractivity contribution >= 4 is 44.8 Å². The highest BCUT2D eigenvalue weighted by Gasteiger charge is 2.29. The Morgan fingerprint density at radius 3 is 2.27 bits per heavy atom. The van der Waals surface area contributed by atoms with E-state index in [2.05, 4.69) is 5.32 Å². The van der Waals surface area contributed by atoms with Gasteiger partial charge in [-0.3, -0.25) is 9.10 Å². The van der Waals surface area contributed by atoms with Crippen LogP contribution in [-0.4, -0.2) is 28.0 Å². The summed E-state index contributed by atoms with van der Waals surface area (Å²) >= 11 is 12.3. The number of benzene rings is 3. The molecule has 0 aromatic heterocycles. The predicted molar refractivity (Wildman–Crippen MR) is 132 cm³/mol. The first-order chi connectivity index (χ1) is 15.8. The van der Waals surface area contributed by atoms with E-state index < -0.39 is 22.5 Å². The van der Waals surface area contributed by atoms with Gasteiger partial charge in [0, 0.05) is 5.02 Å². The van der Waals surface area contributed by atoms with Gasteiger partial charge in [-0.15, -0.1) is 0 Å². The third kappa shape index (κ3) is 5.99. The third-order valence-corrected chi connectivity index (χ3v) is 7.37. The lowest BCUT2D eigenvalue weighted by atomic mass is 10.0. The van der Waals surface area contributed by atoms with E-state index in [1.54, 1.807) is 25.3 Å². The van der Waals surface area contributed by atoms with Gasteiger partial charge in [0.25, 0.3) is 10.0 Å². The average molecular weight is 507 g/mol. The zero-order valence-electron chi connectivity index (χ0n) is 18.2. The molecule has 1 amide bonds. The van der Waals surface area contributed by atoms with Gasteiger partial charge in [0.1, 0.15) is 12.3 Å². The fraction of sp³-hybridized carbons (Fsp3) is 0.208. The van der Waals surface area contributed by atoms with Crippen LogP contribution in [0.25, 0.3) is 0 Å². The van der Waals surface area contributed by atoms with Crippen molar-refractivity contribution in [1.82, 2.24) is 5.32 Å². The Hall–Kier alpha value is -2.74. The normalized spacial score (nSPS) is 12.1. The third-order valence-electron chi connectivity index (χ3n) is 5.06. The summed E-state index contributed by atoms with van der Waals surface area (Å²) in [6.45, 7) is 1.48. The molecule has 0 radical (unpaired) electrons. The highest BCUT2D eigenvalue weighted by atomic mass is 35.5. The molecule has 3 aromatic carbocycles. The van der Waals surface area contributed by atoms with Crippen molar-refractivity contribution in [2.75, 3.05) is 18.0 Å². The molecular formula is C24H24Cl2N2O4S. The zero-order valence-corrected chi connectivity index (χ0v) is 20.5. The summed E-state index contributed by atoms with van der Waals surface area (Å²) in [4.78, 5) is 13.1. The van der Waals surface area contributed by atoms with Crippen molar-refractivity contribution < 1.29 is 17.9 Å². The number of halogens is 2. The standard InChI is InChI=1S/C24H24Cl2N2O4S/c1-3-22(17-9-12-19(32-2)13-10-17)27-24(29)16-28(23-14-11-18(25)15-21(23)26)33(30,31)20-7-5-4-6-8-20/h4-15,22H,3,16H2,1-2H3,(H,27,29). The minimum absolute atomic E-state index is 0.0472. The van der Waals surface area contributed by atoms with Crippen LogP contribution in [-0.2, 0) is 14.8 Å². The van der Waals surface area contributed by atoms with Gasteiger partial charge in [-0.2, -0.15) is 0 Å². The van der Waals surface area contributed by atoms with Gasteiger partial charge in [-0.05, 0) is 54.4 Å². The molecule has 174 valence electrons. The number of sulfonamides is 1. The van der Waals surface area contributed by atoms with Crippen molar-refractivity contribution in [3.8, 4) is 5.75 Å². The van der Waals surface area contributed by atoms with Crippen LogP contribution in [0.3, 0.4) is 0 Å². The number of methoxy groups -OCH3 is 1. The summed E-state index contributed by atoms with van der Waals surface area (Å²) < 4.78 is 33.1. The molecule has 9 heteroatoms. The Morgan fingerprint density at radius 2 is 1.70 bits per heavy atom. The van der Waals surface area contributed by atoms with Crippen molar-refractivity contribution in [3.05, 3.63) is 88.4 Å². The average Bonchev–Trinajstić information content (AvgIpc) is 2.82. The molecule has 1 atom stereocenters. The van der Waals surface area contributed by atoms with Gasteiger partial charge >= 0.3 is 0 Å². The Bertz CT molecular complexity index is 1200. The zero-order chi connectivity index (χ0) is 24.0. The van der Waals surface area contributed by atoms with E-state index in [1.165, 1.54) is 30.3 Å². The first kappa shape index (κ1) is 24.9. The van der Waals surface area contributed by atoms with Crippen LogP contribution in [0.5, 0.6) is 5.75 Å². The summed E-state index contributed by atoms with van der Waals surface area (Å²) in [7, 11) is -2.49. The minimum atomic E-state index is -4.07. The van der Waals surface area contributed by atoms with Crippen molar-refractivity contribution in [3.63, 3.8) is 0 Å². The van der Waals surface area contributed by atoms with Gasteiger partial charge in [-0.1, -0.05) is 60.5 Å². The Balaban J connectivity index is 1.91. The van der Waals surface area contributed by atoms with Crippen molar-refractivity contribution in [2.45, 2.75) is 24.3 Å². The first-order valence-electron chi connectivity index (χ1n) is 10.2. The second-order valence-corrected chi connectivity index (χ2v) is 9.93. The number of amides is 1. The van der Waals surface area contributed by atoms with Crippen molar-refractivity contribution in [2.24, 2.45) is 0 Å². The molecule has 0 aliphatic rings. The second-order valence-electron chi connectivity index (χ2n) is 7.22.